The number of halogens is 1. The Morgan fingerprint density at radius 2 is 1.72 bits per heavy atom. The Labute approximate surface area is 190 Å². The molecule has 6 nitrogen and oxygen atoms in total. The van der Waals surface area contributed by atoms with Gasteiger partial charge >= 0.3 is 5.97 Å². The molecule has 0 aromatic heterocycles. The Bertz CT molecular complexity index is 795. The van der Waals surface area contributed by atoms with Crippen LogP contribution in [0, 0.1) is 0 Å². The van der Waals surface area contributed by atoms with Gasteiger partial charge < -0.3 is 20.1 Å². The second-order valence-corrected chi connectivity index (χ2v) is 7.01. The Balaban J connectivity index is 0.00000420. The van der Waals surface area contributed by atoms with Gasteiger partial charge in [-0.25, -0.2) is 4.79 Å². The molecular weight excluding hydrogens is 481 g/mol. The molecule has 2 aromatic rings. The first-order chi connectivity index (χ1) is 13.4. The highest BCUT2D eigenvalue weighted by molar-refractivity contribution is 14.0. The largest absolute Gasteiger partial charge is 0.457 e. The van der Waals surface area contributed by atoms with Gasteiger partial charge in [-0.15, -0.1) is 24.0 Å². The maximum absolute atomic E-state index is 12.3. The van der Waals surface area contributed by atoms with Gasteiger partial charge in [0, 0.05) is 27.2 Å². The number of rotatable bonds is 8. The lowest BCUT2D eigenvalue weighted by Crippen LogP contribution is -2.45. The van der Waals surface area contributed by atoms with Crippen LogP contribution in [0.15, 0.2) is 59.6 Å². The minimum Gasteiger partial charge on any atom is -0.457 e. The maximum atomic E-state index is 12.3. The van der Waals surface area contributed by atoms with E-state index in [-0.39, 0.29) is 42.2 Å². The molecule has 0 radical (unpaired) electrons. The van der Waals surface area contributed by atoms with Crippen molar-refractivity contribution < 1.29 is 14.3 Å². The van der Waals surface area contributed by atoms with Gasteiger partial charge in [-0.1, -0.05) is 42.5 Å². The van der Waals surface area contributed by atoms with Crippen molar-refractivity contribution in [1.82, 2.24) is 10.6 Å². The normalized spacial score (nSPS) is 11.4. The van der Waals surface area contributed by atoms with Crippen molar-refractivity contribution in [2.24, 2.45) is 4.99 Å². The number of carbonyl (C=O) groups is 1. The minimum absolute atomic E-state index is 0. The molecule has 2 aromatic carbocycles. The quantitative estimate of drug-likeness (QED) is 0.245. The average Bonchev–Trinajstić information content (AvgIpc) is 2.73. The topological polar surface area (TPSA) is 72.0 Å². The molecular formula is C22H30IN3O3. The Morgan fingerprint density at radius 3 is 2.38 bits per heavy atom. The summed E-state index contributed by atoms with van der Waals surface area (Å²) in [6.07, 6.45) is 0. The number of hydrogen-bond acceptors (Lipinski definition) is 4. The van der Waals surface area contributed by atoms with Gasteiger partial charge in [0.25, 0.3) is 0 Å². The summed E-state index contributed by atoms with van der Waals surface area (Å²) in [6, 6.07) is 17.0. The van der Waals surface area contributed by atoms with Crippen LogP contribution >= 0.6 is 24.0 Å². The summed E-state index contributed by atoms with van der Waals surface area (Å²) >= 11 is 0. The predicted molar refractivity (Wildman–Crippen MR) is 127 cm³/mol. The Kier molecular flexibility index (Phi) is 10.7. The number of aliphatic imine (C=N–C) groups is 1. The fourth-order valence-electron chi connectivity index (χ4n) is 2.39. The van der Waals surface area contributed by atoms with E-state index in [1.165, 1.54) is 0 Å². The van der Waals surface area contributed by atoms with E-state index in [9.17, 15) is 4.79 Å². The molecule has 0 bridgehead atoms. The van der Waals surface area contributed by atoms with Crippen LogP contribution in [0.25, 0.3) is 0 Å². The third kappa shape index (κ3) is 8.82. The van der Waals surface area contributed by atoms with E-state index in [0.29, 0.717) is 24.6 Å². The SMILES string of the molecule is CN=C(NCc1cccc(C(=O)OCc2ccccc2)c1)NCC(C)(C)OC.I. The molecule has 2 N–H and O–H groups in total. The first-order valence-electron chi connectivity index (χ1n) is 9.23. The molecule has 0 heterocycles. The van der Waals surface area contributed by atoms with Crippen molar-refractivity contribution in [3.63, 3.8) is 0 Å². The van der Waals surface area contributed by atoms with Gasteiger partial charge in [0.1, 0.15) is 6.61 Å². The molecule has 2 rings (SSSR count). The number of benzene rings is 2. The average molecular weight is 511 g/mol. The standard InChI is InChI=1S/C22H29N3O3.HI/c1-22(2,27-4)16-25-21(23-3)24-14-18-11-8-12-19(13-18)20(26)28-15-17-9-6-5-7-10-17;/h5-13H,14-16H2,1-4H3,(H2,23,24,25);1H. The van der Waals surface area contributed by atoms with E-state index in [2.05, 4.69) is 15.6 Å². The van der Waals surface area contributed by atoms with Crippen molar-refractivity contribution in [3.8, 4) is 0 Å². The van der Waals surface area contributed by atoms with Crippen LogP contribution in [0.3, 0.4) is 0 Å². The van der Waals surface area contributed by atoms with Crippen molar-refractivity contribution >= 4 is 35.9 Å². The zero-order valence-corrected chi connectivity index (χ0v) is 19.7. The number of ether oxygens (including phenoxy) is 2. The van der Waals surface area contributed by atoms with Crippen LogP contribution in [-0.4, -0.2) is 38.2 Å². The van der Waals surface area contributed by atoms with Crippen molar-refractivity contribution in [3.05, 3.63) is 71.3 Å². The smallest absolute Gasteiger partial charge is 0.338 e. The lowest BCUT2D eigenvalue weighted by atomic mass is 10.1. The van der Waals surface area contributed by atoms with Crippen LogP contribution in [0.2, 0.25) is 0 Å². The van der Waals surface area contributed by atoms with Gasteiger partial charge in [-0.05, 0) is 37.1 Å². The molecule has 0 aliphatic rings. The number of methoxy groups -OCH3 is 1. The molecule has 0 atom stereocenters. The van der Waals surface area contributed by atoms with E-state index < -0.39 is 0 Å². The third-order valence-corrected chi connectivity index (χ3v) is 4.29. The van der Waals surface area contributed by atoms with Gasteiger partial charge in [0.2, 0.25) is 0 Å². The van der Waals surface area contributed by atoms with E-state index in [1.807, 2.05) is 62.4 Å². The summed E-state index contributed by atoms with van der Waals surface area (Å²) < 4.78 is 10.8. The first kappa shape index (κ1) is 24.9. The minimum atomic E-state index is -0.338. The summed E-state index contributed by atoms with van der Waals surface area (Å²) in [5.74, 6) is 0.331. The van der Waals surface area contributed by atoms with Crippen LogP contribution in [0.1, 0.15) is 35.3 Å². The summed E-state index contributed by atoms with van der Waals surface area (Å²) in [5.41, 5.74) is 2.16. The van der Waals surface area contributed by atoms with Gasteiger partial charge in [-0.3, -0.25) is 4.99 Å². The summed E-state index contributed by atoms with van der Waals surface area (Å²) in [7, 11) is 3.40. The van der Waals surface area contributed by atoms with E-state index in [0.717, 1.165) is 11.1 Å². The fourth-order valence-corrected chi connectivity index (χ4v) is 2.39. The monoisotopic (exact) mass is 511 g/mol. The summed E-state index contributed by atoms with van der Waals surface area (Å²) in [6.45, 7) is 5.41. The number of nitrogens with one attached hydrogen (secondary N) is 2. The molecule has 0 fully saturated rings. The number of esters is 1. The highest BCUT2D eigenvalue weighted by Crippen LogP contribution is 2.09. The molecule has 0 amide bonds. The lowest BCUT2D eigenvalue weighted by molar-refractivity contribution is 0.0268. The van der Waals surface area contributed by atoms with Gasteiger partial charge in [0.15, 0.2) is 5.96 Å². The number of hydrogen-bond donors (Lipinski definition) is 2. The summed E-state index contributed by atoms with van der Waals surface area (Å²) in [5, 5.41) is 6.47. The van der Waals surface area contributed by atoms with E-state index >= 15 is 0 Å². The van der Waals surface area contributed by atoms with E-state index in [1.54, 1.807) is 20.2 Å². The molecule has 0 aliphatic heterocycles. The number of carbonyl (C=O) groups excluding carboxylic acids is 1. The molecule has 0 spiro atoms. The van der Waals surface area contributed by atoms with Crippen molar-refractivity contribution in [2.75, 3.05) is 20.7 Å². The Hall–Kier alpha value is -2.13. The van der Waals surface area contributed by atoms with E-state index in [4.69, 9.17) is 9.47 Å². The molecule has 0 unspecified atom stereocenters. The second-order valence-electron chi connectivity index (χ2n) is 7.01. The zero-order chi connectivity index (χ0) is 20.4. The van der Waals surface area contributed by atoms with Crippen molar-refractivity contribution in [1.29, 1.82) is 0 Å². The molecule has 0 saturated carbocycles. The van der Waals surface area contributed by atoms with Crippen LogP contribution in [0.5, 0.6) is 0 Å². The molecule has 0 aliphatic carbocycles. The van der Waals surface area contributed by atoms with Crippen LogP contribution < -0.4 is 10.6 Å². The third-order valence-electron chi connectivity index (χ3n) is 4.29. The highest BCUT2D eigenvalue weighted by Gasteiger charge is 2.16. The van der Waals surface area contributed by atoms with Crippen LogP contribution in [-0.2, 0) is 22.6 Å². The van der Waals surface area contributed by atoms with Gasteiger partial charge in [-0.2, -0.15) is 0 Å². The summed E-state index contributed by atoms with van der Waals surface area (Å²) in [4.78, 5) is 16.5. The Morgan fingerprint density at radius 1 is 1.03 bits per heavy atom. The molecule has 158 valence electrons. The fraction of sp³-hybridized carbons (Fsp3) is 0.364. The number of guanidine groups is 1. The highest BCUT2D eigenvalue weighted by atomic mass is 127. The number of nitrogens with zero attached hydrogens (tertiary/aromatic N) is 1. The van der Waals surface area contributed by atoms with Crippen LogP contribution in [0.4, 0.5) is 0 Å². The van der Waals surface area contributed by atoms with Crippen molar-refractivity contribution in [2.45, 2.75) is 32.6 Å². The second kappa shape index (κ2) is 12.4. The molecule has 7 heteroatoms. The predicted octanol–water partition coefficient (Wildman–Crippen LogP) is 3.75. The first-order valence-corrected chi connectivity index (χ1v) is 9.23. The molecule has 0 saturated heterocycles. The lowest BCUT2D eigenvalue weighted by Gasteiger charge is -2.24. The maximum Gasteiger partial charge on any atom is 0.338 e. The zero-order valence-electron chi connectivity index (χ0n) is 17.4. The van der Waals surface area contributed by atoms with Gasteiger partial charge in [0.05, 0.1) is 11.2 Å². The molecule has 29 heavy (non-hydrogen) atoms.